The molecule has 1 fully saturated rings. The molecule has 1 amide bonds. The summed E-state index contributed by atoms with van der Waals surface area (Å²) in [7, 11) is 0. The fourth-order valence-corrected chi connectivity index (χ4v) is 2.84. The fraction of sp³-hybridized carbons (Fsp3) is 0.429. The third-order valence-corrected chi connectivity index (χ3v) is 4.30. The molecule has 1 aromatic carbocycles. The number of rotatable bonds is 5. The number of nitrogens with one attached hydrogen (secondary N) is 2. The van der Waals surface area contributed by atoms with Gasteiger partial charge in [0.15, 0.2) is 5.16 Å². The summed E-state index contributed by atoms with van der Waals surface area (Å²) in [6.45, 7) is 2.08. The van der Waals surface area contributed by atoms with Crippen LogP contribution in [0.15, 0.2) is 29.4 Å². The predicted molar refractivity (Wildman–Crippen MR) is 77.1 cm³/mol. The number of hydrogen-bond donors (Lipinski definition) is 2. The molecule has 0 radical (unpaired) electrons. The van der Waals surface area contributed by atoms with E-state index in [4.69, 9.17) is 0 Å². The van der Waals surface area contributed by atoms with E-state index in [1.54, 1.807) is 0 Å². The number of imidazole rings is 1. The number of amides is 1. The van der Waals surface area contributed by atoms with Crippen LogP contribution >= 0.6 is 11.8 Å². The molecule has 0 spiro atoms. The molecule has 1 heterocycles. The minimum Gasteiger partial charge on any atom is -0.353 e. The second kappa shape index (κ2) is 5.25. The Morgan fingerprint density at radius 1 is 1.53 bits per heavy atom. The molecular formula is C14H17N3OS. The van der Waals surface area contributed by atoms with Gasteiger partial charge in [0.25, 0.3) is 0 Å². The molecule has 19 heavy (non-hydrogen) atoms. The summed E-state index contributed by atoms with van der Waals surface area (Å²) in [5.41, 5.74) is 1.95. The molecule has 0 aliphatic heterocycles. The first-order chi connectivity index (χ1) is 9.22. The summed E-state index contributed by atoms with van der Waals surface area (Å²) in [6, 6.07) is 8.19. The number of nitrogens with zero attached hydrogens (tertiary/aromatic N) is 1. The number of fused-ring (bicyclic) bond motifs is 1. The van der Waals surface area contributed by atoms with Crippen LogP contribution in [0.3, 0.4) is 0 Å². The van der Waals surface area contributed by atoms with Crippen LogP contribution < -0.4 is 5.32 Å². The first-order valence-corrected chi connectivity index (χ1v) is 7.58. The minimum atomic E-state index is 0.0878. The summed E-state index contributed by atoms with van der Waals surface area (Å²) in [5.74, 6) is 1.20. The third-order valence-electron chi connectivity index (χ3n) is 3.43. The maximum absolute atomic E-state index is 11.8. The Labute approximate surface area is 116 Å². The SMILES string of the molecule is CC(NC(=O)CSc1nc2ccccc2[nH]1)C1CC1. The highest BCUT2D eigenvalue weighted by Gasteiger charge is 2.28. The van der Waals surface area contributed by atoms with Gasteiger partial charge in [0.05, 0.1) is 16.8 Å². The van der Waals surface area contributed by atoms with Gasteiger partial charge in [-0.3, -0.25) is 4.79 Å². The molecule has 0 saturated heterocycles. The van der Waals surface area contributed by atoms with Crippen molar-refractivity contribution in [2.75, 3.05) is 5.75 Å². The van der Waals surface area contributed by atoms with Gasteiger partial charge in [-0.1, -0.05) is 23.9 Å². The summed E-state index contributed by atoms with van der Waals surface area (Å²) in [6.07, 6.45) is 2.50. The van der Waals surface area contributed by atoms with Crippen LogP contribution in [-0.2, 0) is 4.79 Å². The number of para-hydroxylation sites is 2. The smallest absolute Gasteiger partial charge is 0.230 e. The molecule has 1 atom stereocenters. The molecule has 0 bridgehead atoms. The Kier molecular flexibility index (Phi) is 3.46. The zero-order valence-corrected chi connectivity index (χ0v) is 11.7. The van der Waals surface area contributed by atoms with Crippen LogP contribution in [0.4, 0.5) is 0 Å². The van der Waals surface area contributed by atoms with E-state index in [-0.39, 0.29) is 5.91 Å². The van der Waals surface area contributed by atoms with E-state index in [1.807, 2.05) is 24.3 Å². The number of benzene rings is 1. The second-order valence-electron chi connectivity index (χ2n) is 5.04. The third kappa shape index (κ3) is 3.10. The fourth-order valence-electron chi connectivity index (χ4n) is 2.14. The van der Waals surface area contributed by atoms with Gasteiger partial charge in [-0.05, 0) is 37.8 Å². The zero-order chi connectivity index (χ0) is 13.2. The maximum atomic E-state index is 11.8. The molecule has 3 rings (SSSR count). The molecular weight excluding hydrogens is 258 g/mol. The molecule has 2 N–H and O–H groups in total. The monoisotopic (exact) mass is 275 g/mol. The summed E-state index contributed by atoms with van der Waals surface area (Å²) < 4.78 is 0. The first-order valence-electron chi connectivity index (χ1n) is 6.59. The van der Waals surface area contributed by atoms with Crippen LogP contribution in [0.5, 0.6) is 0 Å². The Hall–Kier alpha value is -1.49. The number of carbonyl (C=O) groups is 1. The van der Waals surface area contributed by atoms with Crippen LogP contribution in [0, 0.1) is 5.92 Å². The Morgan fingerprint density at radius 2 is 2.32 bits per heavy atom. The maximum Gasteiger partial charge on any atom is 0.230 e. The van der Waals surface area contributed by atoms with Crippen molar-refractivity contribution >= 4 is 28.7 Å². The number of aromatic amines is 1. The van der Waals surface area contributed by atoms with Gasteiger partial charge in [0.2, 0.25) is 5.91 Å². The Morgan fingerprint density at radius 3 is 3.05 bits per heavy atom. The van der Waals surface area contributed by atoms with E-state index in [0.717, 1.165) is 16.2 Å². The molecule has 4 nitrogen and oxygen atoms in total. The number of H-pyrrole nitrogens is 1. The van der Waals surface area contributed by atoms with E-state index < -0.39 is 0 Å². The van der Waals surface area contributed by atoms with Gasteiger partial charge in [0.1, 0.15) is 0 Å². The first kappa shape index (κ1) is 12.5. The average molecular weight is 275 g/mol. The van der Waals surface area contributed by atoms with Crippen LogP contribution in [0.2, 0.25) is 0 Å². The largest absolute Gasteiger partial charge is 0.353 e. The van der Waals surface area contributed by atoms with Gasteiger partial charge >= 0.3 is 0 Å². The van der Waals surface area contributed by atoms with Crippen molar-refractivity contribution < 1.29 is 4.79 Å². The van der Waals surface area contributed by atoms with Crippen molar-refractivity contribution in [2.45, 2.75) is 31.0 Å². The van der Waals surface area contributed by atoms with Crippen molar-refractivity contribution in [3.8, 4) is 0 Å². The van der Waals surface area contributed by atoms with Crippen molar-refractivity contribution in [1.29, 1.82) is 0 Å². The molecule has 1 aliphatic carbocycles. The highest BCUT2D eigenvalue weighted by Crippen LogP contribution is 2.32. The average Bonchev–Trinajstić information content (AvgIpc) is 3.16. The lowest BCUT2D eigenvalue weighted by molar-refractivity contribution is -0.119. The molecule has 1 unspecified atom stereocenters. The van der Waals surface area contributed by atoms with Crippen molar-refractivity contribution in [2.24, 2.45) is 5.92 Å². The lowest BCUT2D eigenvalue weighted by Gasteiger charge is -2.11. The molecule has 1 aromatic heterocycles. The van der Waals surface area contributed by atoms with Gasteiger partial charge in [0, 0.05) is 6.04 Å². The van der Waals surface area contributed by atoms with E-state index >= 15 is 0 Å². The number of carbonyl (C=O) groups excluding carboxylic acids is 1. The quantitative estimate of drug-likeness (QED) is 0.825. The minimum absolute atomic E-state index is 0.0878. The lowest BCUT2D eigenvalue weighted by atomic mass is 10.2. The number of hydrogen-bond acceptors (Lipinski definition) is 3. The number of thioether (sulfide) groups is 1. The summed E-state index contributed by atoms with van der Waals surface area (Å²) in [5, 5.41) is 3.85. The highest BCUT2D eigenvalue weighted by molar-refractivity contribution is 7.99. The molecule has 1 saturated carbocycles. The summed E-state index contributed by atoms with van der Waals surface area (Å²) >= 11 is 1.45. The van der Waals surface area contributed by atoms with E-state index in [0.29, 0.717) is 17.7 Å². The molecule has 1 aliphatic rings. The van der Waals surface area contributed by atoms with Crippen LogP contribution in [0.1, 0.15) is 19.8 Å². The summed E-state index contributed by atoms with van der Waals surface area (Å²) in [4.78, 5) is 19.5. The van der Waals surface area contributed by atoms with Crippen molar-refractivity contribution in [1.82, 2.24) is 15.3 Å². The van der Waals surface area contributed by atoms with Gasteiger partial charge < -0.3 is 10.3 Å². The molecule has 5 heteroatoms. The van der Waals surface area contributed by atoms with Crippen LogP contribution in [0.25, 0.3) is 11.0 Å². The van der Waals surface area contributed by atoms with Crippen molar-refractivity contribution in [3.05, 3.63) is 24.3 Å². The van der Waals surface area contributed by atoms with Crippen LogP contribution in [-0.4, -0.2) is 27.7 Å². The molecule has 100 valence electrons. The Bertz CT molecular complexity index is 558. The predicted octanol–water partition coefficient (Wildman–Crippen LogP) is 2.57. The highest BCUT2D eigenvalue weighted by atomic mass is 32.2. The van der Waals surface area contributed by atoms with Gasteiger partial charge in [-0.25, -0.2) is 4.98 Å². The van der Waals surface area contributed by atoms with Gasteiger partial charge in [-0.15, -0.1) is 0 Å². The standard InChI is InChI=1S/C14H17N3OS/c1-9(10-6-7-10)15-13(18)8-19-14-16-11-4-2-3-5-12(11)17-14/h2-5,9-10H,6-8H2,1H3,(H,15,18)(H,16,17). The van der Waals surface area contributed by atoms with E-state index in [2.05, 4.69) is 22.2 Å². The normalized spacial score (nSPS) is 16.5. The van der Waals surface area contributed by atoms with E-state index in [9.17, 15) is 4.79 Å². The van der Waals surface area contributed by atoms with Crippen molar-refractivity contribution in [3.63, 3.8) is 0 Å². The topological polar surface area (TPSA) is 57.8 Å². The van der Waals surface area contributed by atoms with Gasteiger partial charge in [-0.2, -0.15) is 0 Å². The number of aromatic nitrogens is 2. The zero-order valence-electron chi connectivity index (χ0n) is 10.8. The second-order valence-corrected chi connectivity index (χ2v) is 6.01. The Balaban J connectivity index is 1.54. The lowest BCUT2D eigenvalue weighted by Crippen LogP contribution is -2.35. The molecule has 2 aromatic rings. The van der Waals surface area contributed by atoms with E-state index in [1.165, 1.54) is 24.6 Å².